The van der Waals surface area contributed by atoms with Crippen molar-refractivity contribution in [2.24, 2.45) is 5.73 Å². The molecule has 5 heteroatoms. The maximum Gasteiger partial charge on any atom is 0.124 e. The lowest BCUT2D eigenvalue weighted by Gasteiger charge is -2.38. The third kappa shape index (κ3) is 2.17. The monoisotopic (exact) mass is 235 g/mol. The summed E-state index contributed by atoms with van der Waals surface area (Å²) < 4.78 is 2.08. The van der Waals surface area contributed by atoms with Crippen LogP contribution in [0.15, 0.2) is 12.3 Å². The standard InChI is InChI=1S/C12H21N5/c13-12(3-1-4-12)5-7-15-11-2-6-16-17(11)10-8-14-9-10/h2,6,10,14-15H,1,3-5,7-9,13H2. The van der Waals surface area contributed by atoms with E-state index in [4.69, 9.17) is 5.73 Å². The quantitative estimate of drug-likeness (QED) is 0.703. The first-order valence-corrected chi connectivity index (χ1v) is 6.54. The lowest BCUT2D eigenvalue weighted by molar-refractivity contribution is 0.237. The molecule has 0 aromatic carbocycles. The van der Waals surface area contributed by atoms with Gasteiger partial charge in [-0.05, 0) is 25.7 Å². The van der Waals surface area contributed by atoms with Gasteiger partial charge >= 0.3 is 0 Å². The predicted molar refractivity (Wildman–Crippen MR) is 68.0 cm³/mol. The molecule has 94 valence electrons. The minimum atomic E-state index is 0.107. The van der Waals surface area contributed by atoms with Crippen LogP contribution in [0.25, 0.3) is 0 Å². The topological polar surface area (TPSA) is 67.9 Å². The Labute approximate surface area is 102 Å². The zero-order chi connectivity index (χ0) is 11.7. The van der Waals surface area contributed by atoms with Gasteiger partial charge in [-0.2, -0.15) is 5.10 Å². The smallest absolute Gasteiger partial charge is 0.124 e. The van der Waals surface area contributed by atoms with Crippen molar-refractivity contribution in [3.05, 3.63) is 12.3 Å². The van der Waals surface area contributed by atoms with Gasteiger partial charge in [0.1, 0.15) is 5.82 Å². The molecule has 0 atom stereocenters. The van der Waals surface area contributed by atoms with Crippen molar-refractivity contribution in [3.63, 3.8) is 0 Å². The second kappa shape index (κ2) is 4.31. The van der Waals surface area contributed by atoms with Gasteiger partial charge in [0.15, 0.2) is 0 Å². The number of hydrogen-bond acceptors (Lipinski definition) is 4. The van der Waals surface area contributed by atoms with Crippen molar-refractivity contribution >= 4 is 5.82 Å². The van der Waals surface area contributed by atoms with Crippen LogP contribution < -0.4 is 16.4 Å². The van der Waals surface area contributed by atoms with E-state index in [1.165, 1.54) is 19.3 Å². The molecule has 3 rings (SSSR count). The largest absolute Gasteiger partial charge is 0.370 e. The Morgan fingerprint density at radius 2 is 2.35 bits per heavy atom. The van der Waals surface area contributed by atoms with E-state index in [1.807, 2.05) is 12.3 Å². The Kier molecular flexibility index (Phi) is 2.80. The van der Waals surface area contributed by atoms with Gasteiger partial charge < -0.3 is 16.4 Å². The van der Waals surface area contributed by atoms with Crippen molar-refractivity contribution in [2.75, 3.05) is 25.0 Å². The van der Waals surface area contributed by atoms with E-state index in [0.29, 0.717) is 6.04 Å². The van der Waals surface area contributed by atoms with Crippen LogP contribution in [-0.2, 0) is 0 Å². The van der Waals surface area contributed by atoms with E-state index in [1.54, 1.807) is 0 Å². The molecule has 1 aliphatic heterocycles. The summed E-state index contributed by atoms with van der Waals surface area (Å²) in [6.07, 6.45) is 6.58. The highest BCUT2D eigenvalue weighted by atomic mass is 15.4. The molecular formula is C12H21N5. The van der Waals surface area contributed by atoms with Crippen molar-refractivity contribution in [1.82, 2.24) is 15.1 Å². The molecule has 0 unspecified atom stereocenters. The number of nitrogens with zero attached hydrogens (tertiary/aromatic N) is 2. The first kappa shape index (κ1) is 11.0. The number of aromatic nitrogens is 2. The molecule has 1 aromatic rings. The number of nitrogens with one attached hydrogen (secondary N) is 2. The van der Waals surface area contributed by atoms with E-state index in [-0.39, 0.29) is 5.54 Å². The highest BCUT2D eigenvalue weighted by Crippen LogP contribution is 2.32. The van der Waals surface area contributed by atoms with Crippen molar-refractivity contribution < 1.29 is 0 Å². The molecule has 2 aliphatic rings. The summed E-state index contributed by atoms with van der Waals surface area (Å²) in [6.45, 7) is 3.00. The van der Waals surface area contributed by atoms with Gasteiger partial charge in [0.05, 0.1) is 12.2 Å². The number of anilines is 1. The minimum absolute atomic E-state index is 0.107. The fourth-order valence-corrected chi connectivity index (χ4v) is 2.51. The normalized spacial score (nSPS) is 22.9. The van der Waals surface area contributed by atoms with Crippen LogP contribution in [0.3, 0.4) is 0 Å². The second-order valence-electron chi connectivity index (χ2n) is 5.37. The van der Waals surface area contributed by atoms with E-state index in [9.17, 15) is 0 Å². The summed E-state index contributed by atoms with van der Waals surface area (Å²) in [5.41, 5.74) is 6.31. The molecule has 0 amide bonds. The molecule has 2 heterocycles. The highest BCUT2D eigenvalue weighted by molar-refractivity contribution is 5.34. The maximum absolute atomic E-state index is 6.21. The second-order valence-corrected chi connectivity index (χ2v) is 5.37. The predicted octanol–water partition coefficient (Wildman–Crippen LogP) is 0.711. The summed E-state index contributed by atoms with van der Waals surface area (Å²) >= 11 is 0. The van der Waals surface area contributed by atoms with Gasteiger partial charge in [-0.15, -0.1) is 0 Å². The SMILES string of the molecule is NC1(CCNc2ccnn2C2CNC2)CCC1. The number of rotatable bonds is 5. The molecule has 1 saturated heterocycles. The van der Waals surface area contributed by atoms with E-state index in [2.05, 4.69) is 20.4 Å². The lowest BCUT2D eigenvalue weighted by Crippen LogP contribution is -2.47. The molecule has 17 heavy (non-hydrogen) atoms. The summed E-state index contributed by atoms with van der Waals surface area (Å²) in [5.74, 6) is 1.12. The van der Waals surface area contributed by atoms with Gasteiger partial charge in [-0.3, -0.25) is 0 Å². The Balaban J connectivity index is 1.52. The van der Waals surface area contributed by atoms with Crippen molar-refractivity contribution in [3.8, 4) is 0 Å². The van der Waals surface area contributed by atoms with Gasteiger partial charge in [-0.25, -0.2) is 4.68 Å². The minimum Gasteiger partial charge on any atom is -0.370 e. The summed E-state index contributed by atoms with van der Waals surface area (Å²) in [4.78, 5) is 0. The molecule has 0 bridgehead atoms. The van der Waals surface area contributed by atoms with Crippen LogP contribution in [0.4, 0.5) is 5.82 Å². The van der Waals surface area contributed by atoms with E-state index in [0.717, 1.165) is 31.9 Å². The third-order valence-corrected chi connectivity index (χ3v) is 4.05. The molecule has 1 aromatic heterocycles. The van der Waals surface area contributed by atoms with Gasteiger partial charge in [-0.1, -0.05) is 0 Å². The average Bonchev–Trinajstić information content (AvgIpc) is 2.61. The van der Waals surface area contributed by atoms with Crippen molar-refractivity contribution in [1.29, 1.82) is 0 Å². The Morgan fingerprint density at radius 3 is 2.94 bits per heavy atom. The van der Waals surface area contributed by atoms with Crippen LogP contribution in [0.5, 0.6) is 0 Å². The fourth-order valence-electron chi connectivity index (χ4n) is 2.51. The van der Waals surface area contributed by atoms with Crippen LogP contribution in [0, 0.1) is 0 Å². The van der Waals surface area contributed by atoms with Crippen molar-refractivity contribution in [2.45, 2.75) is 37.3 Å². The summed E-state index contributed by atoms with van der Waals surface area (Å²) in [6, 6.07) is 2.56. The molecule has 1 aliphatic carbocycles. The van der Waals surface area contributed by atoms with Gasteiger partial charge in [0, 0.05) is 31.2 Å². The average molecular weight is 235 g/mol. The van der Waals surface area contributed by atoms with Crippen LogP contribution in [0.1, 0.15) is 31.7 Å². The molecule has 0 spiro atoms. The molecule has 5 nitrogen and oxygen atoms in total. The first-order valence-electron chi connectivity index (χ1n) is 6.54. The van der Waals surface area contributed by atoms with Crippen LogP contribution in [-0.4, -0.2) is 35.0 Å². The zero-order valence-electron chi connectivity index (χ0n) is 10.2. The molecular weight excluding hydrogens is 214 g/mol. The third-order valence-electron chi connectivity index (χ3n) is 4.05. The maximum atomic E-state index is 6.21. The summed E-state index contributed by atoms with van der Waals surface area (Å²) in [5, 5.41) is 11.1. The molecule has 1 saturated carbocycles. The summed E-state index contributed by atoms with van der Waals surface area (Å²) in [7, 11) is 0. The molecule has 2 fully saturated rings. The van der Waals surface area contributed by atoms with Crippen LogP contribution in [0.2, 0.25) is 0 Å². The lowest BCUT2D eigenvalue weighted by atomic mass is 9.75. The van der Waals surface area contributed by atoms with Crippen LogP contribution >= 0.6 is 0 Å². The Morgan fingerprint density at radius 1 is 1.53 bits per heavy atom. The molecule has 0 radical (unpaired) electrons. The Hall–Kier alpha value is -1.07. The first-order chi connectivity index (χ1) is 8.27. The fraction of sp³-hybridized carbons (Fsp3) is 0.750. The Bertz CT molecular complexity index is 378. The van der Waals surface area contributed by atoms with E-state index >= 15 is 0 Å². The molecule has 4 N–H and O–H groups in total. The van der Waals surface area contributed by atoms with E-state index < -0.39 is 0 Å². The number of nitrogens with two attached hydrogens (primary N) is 1. The zero-order valence-corrected chi connectivity index (χ0v) is 10.2. The number of hydrogen-bond donors (Lipinski definition) is 3. The highest BCUT2D eigenvalue weighted by Gasteiger charge is 2.31. The van der Waals surface area contributed by atoms with Gasteiger partial charge in [0.2, 0.25) is 0 Å². The van der Waals surface area contributed by atoms with Gasteiger partial charge in [0.25, 0.3) is 0 Å².